The predicted molar refractivity (Wildman–Crippen MR) is 73.8 cm³/mol. The van der Waals surface area contributed by atoms with Crippen LogP contribution in [0.5, 0.6) is 11.5 Å². The van der Waals surface area contributed by atoms with Crippen molar-refractivity contribution in [1.29, 1.82) is 0 Å². The molecule has 1 N–H and O–H groups in total. The van der Waals surface area contributed by atoms with Crippen molar-refractivity contribution in [1.82, 2.24) is 5.32 Å². The van der Waals surface area contributed by atoms with Gasteiger partial charge in [-0.25, -0.2) is 0 Å². The maximum absolute atomic E-state index is 5.30. The molecular formula is C13H20BrNO2. The lowest BCUT2D eigenvalue weighted by molar-refractivity contribution is 0.352. The number of halogens is 1. The van der Waals surface area contributed by atoms with E-state index < -0.39 is 0 Å². The molecule has 0 aromatic heterocycles. The Balaban J connectivity index is 2.77. The third-order valence-corrected chi connectivity index (χ3v) is 2.96. The zero-order valence-corrected chi connectivity index (χ0v) is 12.4. The highest BCUT2D eigenvalue weighted by atomic mass is 79.9. The van der Waals surface area contributed by atoms with Gasteiger partial charge < -0.3 is 14.8 Å². The first kappa shape index (κ1) is 14.3. The number of nitrogens with one attached hydrogen (secondary N) is 1. The van der Waals surface area contributed by atoms with Crippen LogP contribution >= 0.6 is 15.9 Å². The number of benzene rings is 1. The molecular weight excluding hydrogens is 282 g/mol. The molecule has 0 atom stereocenters. The normalized spacial score (nSPS) is 10.7. The summed E-state index contributed by atoms with van der Waals surface area (Å²) in [6.45, 7) is 6.22. The maximum atomic E-state index is 5.30. The van der Waals surface area contributed by atoms with Gasteiger partial charge in [-0.15, -0.1) is 0 Å². The number of methoxy groups -OCH3 is 2. The van der Waals surface area contributed by atoms with Gasteiger partial charge in [-0.1, -0.05) is 13.8 Å². The largest absolute Gasteiger partial charge is 0.493 e. The van der Waals surface area contributed by atoms with Crippen LogP contribution < -0.4 is 14.8 Å². The van der Waals surface area contributed by atoms with E-state index in [-0.39, 0.29) is 0 Å². The molecule has 0 amide bonds. The molecule has 0 heterocycles. The van der Waals surface area contributed by atoms with Crippen molar-refractivity contribution in [2.75, 3.05) is 20.8 Å². The van der Waals surface area contributed by atoms with E-state index in [1.807, 2.05) is 6.07 Å². The third kappa shape index (κ3) is 4.21. The minimum Gasteiger partial charge on any atom is -0.493 e. The smallest absolute Gasteiger partial charge is 0.174 e. The Labute approximate surface area is 112 Å². The predicted octanol–water partition coefficient (Wildman–Crippen LogP) is 3.21. The average Bonchev–Trinajstić information content (AvgIpc) is 2.27. The second-order valence-electron chi connectivity index (χ2n) is 4.34. The minimum atomic E-state index is 0.651. The average molecular weight is 302 g/mol. The van der Waals surface area contributed by atoms with Gasteiger partial charge in [0, 0.05) is 6.54 Å². The molecule has 96 valence electrons. The lowest BCUT2D eigenvalue weighted by Gasteiger charge is -2.13. The Morgan fingerprint density at radius 2 is 1.94 bits per heavy atom. The molecule has 0 aliphatic rings. The van der Waals surface area contributed by atoms with Gasteiger partial charge in [0.15, 0.2) is 11.5 Å². The van der Waals surface area contributed by atoms with E-state index in [2.05, 4.69) is 41.2 Å². The molecule has 0 spiro atoms. The van der Waals surface area contributed by atoms with Crippen LogP contribution in [0.15, 0.2) is 16.6 Å². The molecule has 1 aromatic carbocycles. The lowest BCUT2D eigenvalue weighted by atomic mass is 10.2. The maximum Gasteiger partial charge on any atom is 0.174 e. The monoisotopic (exact) mass is 301 g/mol. The highest BCUT2D eigenvalue weighted by molar-refractivity contribution is 9.10. The van der Waals surface area contributed by atoms with Crippen LogP contribution in [0.3, 0.4) is 0 Å². The first-order valence-electron chi connectivity index (χ1n) is 5.69. The van der Waals surface area contributed by atoms with Gasteiger partial charge in [-0.2, -0.15) is 0 Å². The SMILES string of the molecule is COc1cc(CNCC(C)C)cc(Br)c1OC. The van der Waals surface area contributed by atoms with Crippen molar-refractivity contribution in [2.24, 2.45) is 5.92 Å². The minimum absolute atomic E-state index is 0.651. The Morgan fingerprint density at radius 1 is 1.24 bits per heavy atom. The molecule has 0 aliphatic heterocycles. The van der Waals surface area contributed by atoms with Crippen LogP contribution in [0.2, 0.25) is 0 Å². The van der Waals surface area contributed by atoms with Crippen molar-refractivity contribution >= 4 is 15.9 Å². The summed E-state index contributed by atoms with van der Waals surface area (Å²) in [5, 5.41) is 3.40. The molecule has 0 unspecified atom stereocenters. The topological polar surface area (TPSA) is 30.5 Å². The number of hydrogen-bond donors (Lipinski definition) is 1. The highest BCUT2D eigenvalue weighted by Gasteiger charge is 2.10. The van der Waals surface area contributed by atoms with Crippen LogP contribution in [-0.4, -0.2) is 20.8 Å². The molecule has 17 heavy (non-hydrogen) atoms. The van der Waals surface area contributed by atoms with Crippen molar-refractivity contribution in [3.8, 4) is 11.5 Å². The summed E-state index contributed by atoms with van der Waals surface area (Å²) in [4.78, 5) is 0. The summed E-state index contributed by atoms with van der Waals surface area (Å²) in [6, 6.07) is 4.05. The Hall–Kier alpha value is -0.740. The van der Waals surface area contributed by atoms with Gasteiger partial charge in [0.25, 0.3) is 0 Å². The summed E-state index contributed by atoms with van der Waals surface area (Å²) in [5.74, 6) is 2.14. The van der Waals surface area contributed by atoms with Crippen LogP contribution in [-0.2, 0) is 6.54 Å². The zero-order valence-electron chi connectivity index (χ0n) is 10.8. The first-order chi connectivity index (χ1) is 8.08. The Morgan fingerprint density at radius 3 is 2.47 bits per heavy atom. The van der Waals surface area contributed by atoms with Gasteiger partial charge in [0.1, 0.15) is 0 Å². The van der Waals surface area contributed by atoms with Crippen molar-refractivity contribution in [2.45, 2.75) is 20.4 Å². The second-order valence-corrected chi connectivity index (χ2v) is 5.19. The number of hydrogen-bond acceptors (Lipinski definition) is 3. The van der Waals surface area contributed by atoms with E-state index in [0.29, 0.717) is 5.92 Å². The Kier molecular flexibility index (Phi) is 5.78. The van der Waals surface area contributed by atoms with E-state index in [4.69, 9.17) is 9.47 Å². The summed E-state index contributed by atoms with van der Waals surface area (Å²) in [6.07, 6.45) is 0. The van der Waals surface area contributed by atoms with Crippen molar-refractivity contribution < 1.29 is 9.47 Å². The molecule has 0 bridgehead atoms. The van der Waals surface area contributed by atoms with E-state index >= 15 is 0 Å². The second kappa shape index (κ2) is 6.87. The molecule has 0 aliphatic carbocycles. The summed E-state index contributed by atoms with van der Waals surface area (Å²) in [5.41, 5.74) is 1.18. The number of ether oxygens (including phenoxy) is 2. The van der Waals surface area contributed by atoms with Gasteiger partial charge >= 0.3 is 0 Å². The summed E-state index contributed by atoms with van der Waals surface area (Å²) in [7, 11) is 3.29. The molecule has 1 aromatic rings. The van der Waals surface area contributed by atoms with Gasteiger partial charge in [-0.05, 0) is 46.1 Å². The van der Waals surface area contributed by atoms with E-state index in [1.54, 1.807) is 14.2 Å². The van der Waals surface area contributed by atoms with Crippen LogP contribution in [0.25, 0.3) is 0 Å². The highest BCUT2D eigenvalue weighted by Crippen LogP contribution is 2.36. The van der Waals surface area contributed by atoms with Crippen LogP contribution in [0.4, 0.5) is 0 Å². The molecule has 3 nitrogen and oxygen atoms in total. The number of rotatable bonds is 6. The Bertz CT molecular complexity index is 367. The third-order valence-electron chi connectivity index (χ3n) is 2.38. The van der Waals surface area contributed by atoms with Gasteiger partial charge in [0.2, 0.25) is 0 Å². The van der Waals surface area contributed by atoms with Crippen molar-refractivity contribution in [3.63, 3.8) is 0 Å². The molecule has 4 heteroatoms. The summed E-state index contributed by atoms with van der Waals surface area (Å²) >= 11 is 3.49. The van der Waals surface area contributed by atoms with Crippen molar-refractivity contribution in [3.05, 3.63) is 22.2 Å². The quantitative estimate of drug-likeness (QED) is 0.875. The fraction of sp³-hybridized carbons (Fsp3) is 0.538. The fourth-order valence-electron chi connectivity index (χ4n) is 1.58. The molecule has 1 rings (SSSR count). The van der Waals surface area contributed by atoms with E-state index in [9.17, 15) is 0 Å². The van der Waals surface area contributed by atoms with E-state index in [0.717, 1.165) is 29.1 Å². The first-order valence-corrected chi connectivity index (χ1v) is 6.49. The standard InChI is InChI=1S/C13H20BrNO2/c1-9(2)7-15-8-10-5-11(14)13(17-4)12(6-10)16-3/h5-6,9,15H,7-8H2,1-4H3. The van der Waals surface area contributed by atoms with Crippen LogP contribution in [0, 0.1) is 5.92 Å². The molecule has 0 saturated heterocycles. The van der Waals surface area contributed by atoms with Gasteiger partial charge in [-0.3, -0.25) is 0 Å². The lowest BCUT2D eigenvalue weighted by Crippen LogP contribution is -2.19. The zero-order chi connectivity index (χ0) is 12.8. The van der Waals surface area contributed by atoms with Crippen LogP contribution in [0.1, 0.15) is 19.4 Å². The fourth-order valence-corrected chi connectivity index (χ4v) is 2.23. The molecule has 0 saturated carbocycles. The van der Waals surface area contributed by atoms with E-state index in [1.165, 1.54) is 5.56 Å². The van der Waals surface area contributed by atoms with Gasteiger partial charge in [0.05, 0.1) is 18.7 Å². The molecule has 0 radical (unpaired) electrons. The molecule has 0 fully saturated rings. The summed E-state index contributed by atoms with van der Waals surface area (Å²) < 4.78 is 11.5.